The van der Waals surface area contributed by atoms with Crippen LogP contribution < -0.4 is 0 Å². The Hall–Kier alpha value is -0.100. The van der Waals surface area contributed by atoms with Crippen molar-refractivity contribution < 1.29 is 8.42 Å². The Morgan fingerprint density at radius 1 is 1.50 bits per heavy atom. The summed E-state index contributed by atoms with van der Waals surface area (Å²) in [5.74, 6) is 0.361. The van der Waals surface area contributed by atoms with Crippen LogP contribution in [0.4, 0.5) is 0 Å². The lowest BCUT2D eigenvalue weighted by Crippen LogP contribution is -2.21. The van der Waals surface area contributed by atoms with Gasteiger partial charge in [-0.15, -0.1) is 22.9 Å². The molecule has 0 amide bonds. The molecule has 0 atom stereocenters. The third-order valence-electron chi connectivity index (χ3n) is 1.85. The topological polar surface area (TPSA) is 37.4 Å². The second-order valence-corrected chi connectivity index (χ2v) is 6.88. The van der Waals surface area contributed by atoms with Gasteiger partial charge in [-0.25, -0.2) is 12.7 Å². The van der Waals surface area contributed by atoms with E-state index in [-0.39, 0.29) is 0 Å². The molecule has 1 aromatic heterocycles. The number of hydrogen-bond donors (Lipinski definition) is 0. The summed E-state index contributed by atoms with van der Waals surface area (Å²) >= 11 is 6.91. The molecule has 0 spiro atoms. The van der Waals surface area contributed by atoms with E-state index >= 15 is 0 Å². The highest BCUT2D eigenvalue weighted by Crippen LogP contribution is 2.28. The summed E-state index contributed by atoms with van der Waals surface area (Å²) in [6, 6.07) is 1.66. The number of thiophene rings is 1. The van der Waals surface area contributed by atoms with Crippen molar-refractivity contribution >= 4 is 33.0 Å². The van der Waals surface area contributed by atoms with E-state index in [9.17, 15) is 8.42 Å². The first-order valence-electron chi connectivity index (χ1n) is 3.97. The fourth-order valence-corrected chi connectivity index (χ4v) is 3.91. The monoisotopic (exact) mass is 253 g/mol. The standard InChI is InChI=1S/C8H12ClNO2S2/c1-6-4-8(13-7(6)5-9)14(11,12)10(2)3/h4H,5H2,1-3H3. The third-order valence-corrected chi connectivity index (χ3v) is 5.78. The van der Waals surface area contributed by atoms with Crippen molar-refractivity contribution in [1.82, 2.24) is 4.31 Å². The van der Waals surface area contributed by atoms with Gasteiger partial charge in [-0.1, -0.05) is 0 Å². The second kappa shape index (κ2) is 4.18. The molecule has 0 saturated carbocycles. The summed E-state index contributed by atoms with van der Waals surface area (Å²) in [7, 11) is -0.258. The van der Waals surface area contributed by atoms with Crippen LogP contribution >= 0.6 is 22.9 Å². The molecule has 0 aliphatic carbocycles. The average Bonchev–Trinajstić information content (AvgIpc) is 2.47. The Balaban J connectivity index is 3.22. The van der Waals surface area contributed by atoms with Gasteiger partial charge in [0.05, 0.1) is 5.88 Å². The Bertz CT molecular complexity index is 423. The van der Waals surface area contributed by atoms with Crippen LogP contribution in [0.25, 0.3) is 0 Å². The van der Waals surface area contributed by atoms with Crippen LogP contribution in [-0.4, -0.2) is 26.8 Å². The maximum atomic E-state index is 11.7. The van der Waals surface area contributed by atoms with Crippen LogP contribution in [0.3, 0.4) is 0 Å². The highest BCUT2D eigenvalue weighted by Gasteiger charge is 2.20. The molecule has 0 aliphatic heterocycles. The maximum Gasteiger partial charge on any atom is 0.252 e. The quantitative estimate of drug-likeness (QED) is 0.774. The fourth-order valence-electron chi connectivity index (χ4n) is 0.928. The molecular weight excluding hydrogens is 242 g/mol. The van der Waals surface area contributed by atoms with Crippen molar-refractivity contribution in [2.75, 3.05) is 14.1 Å². The lowest BCUT2D eigenvalue weighted by Gasteiger charge is -2.08. The molecule has 0 aromatic carbocycles. The van der Waals surface area contributed by atoms with Crippen molar-refractivity contribution in [2.45, 2.75) is 17.0 Å². The number of halogens is 1. The zero-order valence-corrected chi connectivity index (χ0v) is 10.6. The fraction of sp³-hybridized carbons (Fsp3) is 0.500. The molecule has 0 fully saturated rings. The number of sulfonamides is 1. The van der Waals surface area contributed by atoms with E-state index in [0.717, 1.165) is 10.4 Å². The highest BCUT2D eigenvalue weighted by molar-refractivity contribution is 7.91. The number of hydrogen-bond acceptors (Lipinski definition) is 3. The summed E-state index contributed by atoms with van der Waals surface area (Å²) < 4.78 is 25.0. The number of alkyl halides is 1. The van der Waals surface area contributed by atoms with Crippen molar-refractivity contribution in [1.29, 1.82) is 0 Å². The first kappa shape index (κ1) is 12.0. The Morgan fingerprint density at radius 3 is 2.43 bits per heavy atom. The van der Waals surface area contributed by atoms with E-state index in [4.69, 9.17) is 11.6 Å². The highest BCUT2D eigenvalue weighted by atomic mass is 35.5. The minimum atomic E-state index is -3.30. The third kappa shape index (κ3) is 2.11. The molecule has 0 aliphatic rings. The van der Waals surface area contributed by atoms with Crippen LogP contribution in [0, 0.1) is 6.92 Å². The van der Waals surface area contributed by atoms with Crippen LogP contribution in [-0.2, 0) is 15.9 Å². The van der Waals surface area contributed by atoms with Gasteiger partial charge in [0.1, 0.15) is 4.21 Å². The van der Waals surface area contributed by atoms with E-state index in [0.29, 0.717) is 10.1 Å². The normalized spacial score (nSPS) is 12.4. The van der Waals surface area contributed by atoms with Gasteiger partial charge >= 0.3 is 0 Å². The Labute approximate surface area is 93.4 Å². The lowest BCUT2D eigenvalue weighted by molar-refractivity contribution is 0.523. The van der Waals surface area contributed by atoms with E-state index in [1.807, 2.05) is 6.92 Å². The van der Waals surface area contributed by atoms with Crippen molar-refractivity contribution in [3.63, 3.8) is 0 Å². The molecule has 0 saturated heterocycles. The van der Waals surface area contributed by atoms with Gasteiger partial charge in [-0.05, 0) is 18.6 Å². The SMILES string of the molecule is Cc1cc(S(=O)(=O)N(C)C)sc1CCl. The number of rotatable bonds is 3. The van der Waals surface area contributed by atoms with E-state index in [1.165, 1.54) is 29.7 Å². The van der Waals surface area contributed by atoms with E-state index in [2.05, 4.69) is 0 Å². The minimum Gasteiger partial charge on any atom is -0.206 e. The average molecular weight is 254 g/mol. The summed E-state index contributed by atoms with van der Waals surface area (Å²) in [4.78, 5) is 0.909. The smallest absolute Gasteiger partial charge is 0.206 e. The van der Waals surface area contributed by atoms with E-state index in [1.54, 1.807) is 6.07 Å². The van der Waals surface area contributed by atoms with Gasteiger partial charge in [0.15, 0.2) is 0 Å². The van der Waals surface area contributed by atoms with Crippen LogP contribution in [0.5, 0.6) is 0 Å². The first-order valence-corrected chi connectivity index (χ1v) is 6.76. The molecule has 0 bridgehead atoms. The second-order valence-electron chi connectivity index (χ2n) is 3.09. The van der Waals surface area contributed by atoms with Crippen molar-refractivity contribution in [3.8, 4) is 0 Å². The molecule has 0 unspecified atom stereocenters. The van der Waals surface area contributed by atoms with Crippen molar-refractivity contribution in [2.24, 2.45) is 0 Å². The largest absolute Gasteiger partial charge is 0.252 e. The molecular formula is C8H12ClNO2S2. The summed E-state index contributed by atoms with van der Waals surface area (Å²) in [6.45, 7) is 1.86. The lowest BCUT2D eigenvalue weighted by atomic mass is 10.3. The van der Waals surface area contributed by atoms with Gasteiger partial charge in [0.2, 0.25) is 0 Å². The van der Waals surface area contributed by atoms with Crippen molar-refractivity contribution in [3.05, 3.63) is 16.5 Å². The van der Waals surface area contributed by atoms with Crippen LogP contribution in [0.1, 0.15) is 10.4 Å². The molecule has 1 aromatic rings. The zero-order chi connectivity index (χ0) is 10.9. The Kier molecular flexibility index (Phi) is 3.58. The zero-order valence-electron chi connectivity index (χ0n) is 8.24. The minimum absolute atomic E-state index is 0.357. The summed E-state index contributed by atoms with van der Waals surface area (Å²) in [5, 5.41) is 0. The molecule has 80 valence electrons. The van der Waals surface area contributed by atoms with Gasteiger partial charge < -0.3 is 0 Å². The van der Waals surface area contributed by atoms with E-state index < -0.39 is 10.0 Å². The van der Waals surface area contributed by atoms with Crippen LogP contribution in [0.15, 0.2) is 10.3 Å². The molecule has 3 nitrogen and oxygen atoms in total. The summed E-state index contributed by atoms with van der Waals surface area (Å²) in [5.41, 5.74) is 0.936. The predicted molar refractivity (Wildman–Crippen MR) is 59.5 cm³/mol. The molecule has 14 heavy (non-hydrogen) atoms. The molecule has 1 rings (SSSR count). The van der Waals surface area contributed by atoms with Gasteiger partial charge in [0, 0.05) is 19.0 Å². The molecule has 6 heteroatoms. The van der Waals surface area contributed by atoms with Gasteiger partial charge in [-0.3, -0.25) is 0 Å². The number of aryl methyl sites for hydroxylation is 1. The van der Waals surface area contributed by atoms with Crippen LogP contribution in [0.2, 0.25) is 0 Å². The number of nitrogens with zero attached hydrogens (tertiary/aromatic N) is 1. The predicted octanol–water partition coefficient (Wildman–Crippen LogP) is 2.05. The van der Waals surface area contributed by atoms with Gasteiger partial charge in [-0.2, -0.15) is 0 Å². The first-order chi connectivity index (χ1) is 6.39. The molecule has 0 radical (unpaired) electrons. The molecule has 0 N–H and O–H groups in total. The Morgan fingerprint density at radius 2 is 2.07 bits per heavy atom. The molecule has 1 heterocycles. The summed E-state index contributed by atoms with van der Waals surface area (Å²) in [6.07, 6.45) is 0. The van der Waals surface area contributed by atoms with Gasteiger partial charge in [0.25, 0.3) is 10.0 Å². The maximum absolute atomic E-state index is 11.7.